The lowest BCUT2D eigenvalue weighted by atomic mass is 10.1. The molecule has 1 aromatic rings. The van der Waals surface area contributed by atoms with Crippen molar-refractivity contribution in [1.29, 1.82) is 0 Å². The summed E-state index contributed by atoms with van der Waals surface area (Å²) in [6, 6.07) is 7.82. The molecule has 0 radical (unpaired) electrons. The van der Waals surface area contributed by atoms with Crippen LogP contribution >= 0.6 is 24.0 Å². The normalized spacial score (nSPS) is 14.1. The number of carbonyl (C=O) groups is 1. The van der Waals surface area contributed by atoms with Gasteiger partial charge >= 0.3 is 6.09 Å². The Hall–Kier alpha value is -1.51. The highest BCUT2D eigenvalue weighted by atomic mass is 127. The Labute approximate surface area is 179 Å². The molecule has 0 bridgehead atoms. The summed E-state index contributed by atoms with van der Waals surface area (Å²) in [5.41, 5.74) is 1.43. The minimum atomic E-state index is -0.499. The molecule has 3 N–H and O–H groups in total. The number of anilines is 1. The standard InChI is InChI=1S/C20H32N4O2.HI/c1-5-21-18(23-14-16-6-7-16)22-13-12-15-8-10-17(11-9-15)24-19(25)26-20(2,3)4;/h8-11,16H,5-7,12-14H2,1-4H3,(H,24,25)(H2,21,22,23);1H. The van der Waals surface area contributed by atoms with Gasteiger partial charge in [-0.15, -0.1) is 24.0 Å². The van der Waals surface area contributed by atoms with Crippen LogP contribution in [0.2, 0.25) is 0 Å². The number of hydrogen-bond acceptors (Lipinski definition) is 3. The summed E-state index contributed by atoms with van der Waals surface area (Å²) in [7, 11) is 0. The molecular weight excluding hydrogens is 455 g/mol. The highest BCUT2D eigenvalue weighted by Crippen LogP contribution is 2.28. The zero-order valence-corrected chi connectivity index (χ0v) is 19.1. The highest BCUT2D eigenvalue weighted by molar-refractivity contribution is 14.0. The van der Waals surface area contributed by atoms with E-state index in [1.165, 1.54) is 18.4 Å². The summed E-state index contributed by atoms with van der Waals surface area (Å²) in [6.45, 7) is 10.2. The molecule has 27 heavy (non-hydrogen) atoms. The molecular formula is C20H33IN4O2. The van der Waals surface area contributed by atoms with Crippen molar-refractivity contribution in [2.24, 2.45) is 10.9 Å². The number of ether oxygens (including phenoxy) is 1. The third-order valence-electron chi connectivity index (χ3n) is 3.85. The molecule has 0 heterocycles. The monoisotopic (exact) mass is 488 g/mol. The maximum atomic E-state index is 11.8. The van der Waals surface area contributed by atoms with Crippen molar-refractivity contribution in [3.8, 4) is 0 Å². The number of halogens is 1. The molecule has 0 aliphatic heterocycles. The molecule has 2 rings (SSSR count). The topological polar surface area (TPSA) is 74.8 Å². The second kappa shape index (κ2) is 11.4. The van der Waals surface area contributed by atoms with Crippen molar-refractivity contribution < 1.29 is 9.53 Å². The number of benzene rings is 1. The lowest BCUT2D eigenvalue weighted by Gasteiger charge is -2.19. The Morgan fingerprint density at radius 2 is 1.85 bits per heavy atom. The summed E-state index contributed by atoms with van der Waals surface area (Å²) in [5.74, 6) is 1.68. The summed E-state index contributed by atoms with van der Waals surface area (Å²) in [6.07, 6.45) is 3.08. The van der Waals surface area contributed by atoms with Gasteiger partial charge in [-0.2, -0.15) is 0 Å². The van der Waals surface area contributed by atoms with Gasteiger partial charge in [-0.25, -0.2) is 4.79 Å². The number of nitrogens with zero attached hydrogens (tertiary/aromatic N) is 1. The van der Waals surface area contributed by atoms with Crippen LogP contribution in [-0.4, -0.2) is 37.3 Å². The number of guanidine groups is 1. The van der Waals surface area contributed by atoms with E-state index in [-0.39, 0.29) is 24.0 Å². The van der Waals surface area contributed by atoms with Gasteiger partial charge < -0.3 is 15.4 Å². The summed E-state index contributed by atoms with van der Waals surface area (Å²) >= 11 is 0. The van der Waals surface area contributed by atoms with E-state index in [0.717, 1.165) is 43.6 Å². The molecule has 6 nitrogen and oxygen atoms in total. The molecule has 1 saturated carbocycles. The minimum Gasteiger partial charge on any atom is -0.444 e. The Morgan fingerprint density at radius 1 is 1.19 bits per heavy atom. The Kier molecular flexibility index (Phi) is 9.90. The Bertz CT molecular complexity index is 607. The van der Waals surface area contributed by atoms with Crippen molar-refractivity contribution in [3.63, 3.8) is 0 Å². The van der Waals surface area contributed by atoms with Gasteiger partial charge in [0, 0.05) is 25.3 Å². The molecule has 1 amide bonds. The maximum Gasteiger partial charge on any atom is 0.412 e. The third-order valence-corrected chi connectivity index (χ3v) is 3.85. The average molecular weight is 488 g/mol. The van der Waals surface area contributed by atoms with Crippen LogP contribution in [0.25, 0.3) is 0 Å². The highest BCUT2D eigenvalue weighted by Gasteiger charge is 2.20. The predicted octanol–water partition coefficient (Wildman–Crippen LogP) is 4.16. The van der Waals surface area contributed by atoms with Crippen molar-refractivity contribution in [2.75, 3.05) is 25.0 Å². The molecule has 1 aliphatic rings. The number of carbonyl (C=O) groups excluding carboxylic acids is 1. The first-order chi connectivity index (χ1) is 12.4. The van der Waals surface area contributed by atoms with Crippen LogP contribution in [0.15, 0.2) is 29.3 Å². The van der Waals surface area contributed by atoms with Gasteiger partial charge in [0.2, 0.25) is 0 Å². The first-order valence-corrected chi connectivity index (χ1v) is 9.47. The molecule has 0 spiro atoms. The maximum absolute atomic E-state index is 11.8. The summed E-state index contributed by atoms with van der Waals surface area (Å²) < 4.78 is 5.25. The van der Waals surface area contributed by atoms with E-state index in [1.54, 1.807) is 0 Å². The Balaban J connectivity index is 0.00000364. The van der Waals surface area contributed by atoms with Crippen molar-refractivity contribution in [1.82, 2.24) is 10.6 Å². The van der Waals surface area contributed by atoms with E-state index < -0.39 is 11.7 Å². The SMILES string of the molecule is CCNC(=NCC1CC1)NCCc1ccc(NC(=O)OC(C)(C)C)cc1.I. The number of nitrogens with one attached hydrogen (secondary N) is 3. The second-order valence-electron chi connectivity index (χ2n) is 7.66. The van der Waals surface area contributed by atoms with Crippen LogP contribution in [-0.2, 0) is 11.2 Å². The fourth-order valence-electron chi connectivity index (χ4n) is 2.36. The number of aliphatic imine (C=N–C) groups is 1. The zero-order chi connectivity index (χ0) is 19.0. The largest absolute Gasteiger partial charge is 0.444 e. The molecule has 7 heteroatoms. The van der Waals surface area contributed by atoms with E-state index >= 15 is 0 Å². The van der Waals surface area contributed by atoms with E-state index in [9.17, 15) is 4.79 Å². The van der Waals surface area contributed by atoms with Gasteiger partial charge in [0.05, 0.1) is 0 Å². The summed E-state index contributed by atoms with van der Waals surface area (Å²) in [5, 5.41) is 9.40. The first-order valence-electron chi connectivity index (χ1n) is 9.47. The van der Waals surface area contributed by atoms with Crippen LogP contribution in [0.4, 0.5) is 10.5 Å². The van der Waals surface area contributed by atoms with Crippen molar-refractivity contribution in [3.05, 3.63) is 29.8 Å². The van der Waals surface area contributed by atoms with Gasteiger partial charge in [0.25, 0.3) is 0 Å². The molecule has 1 aromatic carbocycles. The molecule has 0 unspecified atom stereocenters. The molecule has 0 saturated heterocycles. The predicted molar refractivity (Wildman–Crippen MR) is 122 cm³/mol. The van der Waals surface area contributed by atoms with Crippen LogP contribution < -0.4 is 16.0 Å². The third kappa shape index (κ3) is 10.4. The molecule has 0 aromatic heterocycles. The van der Waals surface area contributed by atoms with Gasteiger partial charge in [-0.1, -0.05) is 12.1 Å². The van der Waals surface area contributed by atoms with E-state index in [1.807, 2.05) is 45.0 Å². The van der Waals surface area contributed by atoms with Crippen LogP contribution in [0.3, 0.4) is 0 Å². The minimum absolute atomic E-state index is 0. The van der Waals surface area contributed by atoms with E-state index in [0.29, 0.717) is 0 Å². The number of hydrogen-bond donors (Lipinski definition) is 3. The lowest BCUT2D eigenvalue weighted by Crippen LogP contribution is -2.38. The average Bonchev–Trinajstić information content (AvgIpc) is 3.37. The van der Waals surface area contributed by atoms with Crippen molar-refractivity contribution >= 4 is 41.7 Å². The van der Waals surface area contributed by atoms with Gasteiger partial charge in [-0.3, -0.25) is 10.3 Å². The summed E-state index contributed by atoms with van der Waals surface area (Å²) in [4.78, 5) is 16.4. The smallest absolute Gasteiger partial charge is 0.412 e. The molecule has 1 fully saturated rings. The van der Waals surface area contributed by atoms with Crippen LogP contribution in [0.1, 0.15) is 46.1 Å². The van der Waals surface area contributed by atoms with E-state index in [4.69, 9.17) is 4.74 Å². The Morgan fingerprint density at radius 3 is 2.41 bits per heavy atom. The fourth-order valence-corrected chi connectivity index (χ4v) is 2.36. The van der Waals surface area contributed by atoms with Crippen LogP contribution in [0.5, 0.6) is 0 Å². The molecule has 1 aliphatic carbocycles. The lowest BCUT2D eigenvalue weighted by molar-refractivity contribution is 0.0636. The zero-order valence-electron chi connectivity index (χ0n) is 16.8. The van der Waals surface area contributed by atoms with Gasteiger partial charge in [0.15, 0.2) is 5.96 Å². The van der Waals surface area contributed by atoms with Gasteiger partial charge in [-0.05, 0) is 70.6 Å². The fraction of sp³-hybridized carbons (Fsp3) is 0.600. The second-order valence-corrected chi connectivity index (χ2v) is 7.66. The quantitative estimate of drug-likeness (QED) is 0.306. The van der Waals surface area contributed by atoms with Crippen LogP contribution in [0, 0.1) is 5.92 Å². The number of rotatable bonds is 7. The number of amides is 1. The van der Waals surface area contributed by atoms with E-state index in [2.05, 4.69) is 27.9 Å². The molecule has 152 valence electrons. The van der Waals surface area contributed by atoms with Crippen molar-refractivity contribution in [2.45, 2.75) is 52.6 Å². The van der Waals surface area contributed by atoms with Gasteiger partial charge in [0.1, 0.15) is 5.60 Å². The molecule has 0 atom stereocenters. The first kappa shape index (κ1) is 23.5.